The number of hydrogen-bond acceptors (Lipinski definition) is 8. The average Bonchev–Trinajstić information content (AvgIpc) is 3.45. The fraction of sp³-hybridized carbons (Fsp3) is 0.321. The lowest BCUT2D eigenvalue weighted by Crippen LogP contribution is -2.36. The zero-order valence-corrected chi connectivity index (χ0v) is 21.8. The van der Waals surface area contributed by atoms with Crippen molar-refractivity contribution in [2.24, 2.45) is 0 Å². The number of aromatic nitrogens is 1. The summed E-state index contributed by atoms with van der Waals surface area (Å²) in [5, 5.41) is 16.4. The summed E-state index contributed by atoms with van der Waals surface area (Å²) in [4.78, 5) is 19.5. The smallest absolute Gasteiger partial charge is 0.248 e. The second-order valence-electron chi connectivity index (χ2n) is 9.19. The van der Waals surface area contributed by atoms with Crippen LogP contribution >= 0.6 is 11.6 Å². The molecule has 0 radical (unpaired) electrons. The number of anilines is 3. The molecule has 2 fully saturated rings. The van der Waals surface area contributed by atoms with Crippen LogP contribution in [-0.2, 0) is 14.3 Å². The van der Waals surface area contributed by atoms with E-state index in [1.165, 1.54) is 30.5 Å². The molecule has 3 heterocycles. The van der Waals surface area contributed by atoms with Crippen LogP contribution in [0.2, 0.25) is 5.02 Å². The van der Waals surface area contributed by atoms with Crippen molar-refractivity contribution in [2.45, 2.75) is 12.5 Å². The molecule has 2 saturated heterocycles. The van der Waals surface area contributed by atoms with E-state index in [4.69, 9.17) is 25.8 Å². The van der Waals surface area contributed by atoms with Gasteiger partial charge in [-0.05, 0) is 24.3 Å². The molecule has 0 spiro atoms. The number of halogens is 2. The molecule has 3 aromatic rings. The Bertz CT molecular complexity index is 1430. The monoisotopic (exact) mass is 551 g/mol. The lowest BCUT2D eigenvalue weighted by atomic mass is 10.1. The van der Waals surface area contributed by atoms with E-state index in [9.17, 15) is 14.4 Å². The highest BCUT2D eigenvalue weighted by molar-refractivity contribution is 6.31. The Morgan fingerprint density at radius 3 is 2.85 bits per heavy atom. The van der Waals surface area contributed by atoms with Crippen molar-refractivity contribution in [3.63, 3.8) is 0 Å². The molecular weight excluding hydrogens is 525 g/mol. The maximum absolute atomic E-state index is 13.7. The molecule has 0 aliphatic carbocycles. The Morgan fingerprint density at radius 1 is 1.26 bits per heavy atom. The van der Waals surface area contributed by atoms with Crippen LogP contribution < -0.4 is 15.4 Å². The largest absolute Gasteiger partial charge is 0.486 e. The van der Waals surface area contributed by atoms with Gasteiger partial charge in [0, 0.05) is 55.5 Å². The van der Waals surface area contributed by atoms with E-state index < -0.39 is 5.82 Å². The molecule has 2 aromatic carbocycles. The lowest BCUT2D eigenvalue weighted by molar-refractivity contribution is -0.111. The van der Waals surface area contributed by atoms with Crippen LogP contribution in [0.1, 0.15) is 12.0 Å². The summed E-state index contributed by atoms with van der Waals surface area (Å²) in [7, 11) is 0. The summed E-state index contributed by atoms with van der Waals surface area (Å²) in [5.41, 5.74) is 2.17. The third kappa shape index (κ3) is 6.64. The topological polar surface area (TPSA) is 109 Å². The van der Waals surface area contributed by atoms with Gasteiger partial charge < -0.3 is 24.8 Å². The molecule has 2 aliphatic heterocycles. The second-order valence-corrected chi connectivity index (χ2v) is 9.59. The molecule has 2 aliphatic rings. The Labute approximate surface area is 230 Å². The highest BCUT2D eigenvalue weighted by Gasteiger charge is 2.21. The number of fused-ring (bicyclic) bond motifs is 1. The van der Waals surface area contributed by atoms with Crippen LogP contribution in [0.15, 0.2) is 48.7 Å². The Balaban J connectivity index is 1.47. The van der Waals surface area contributed by atoms with E-state index in [-0.39, 0.29) is 22.6 Å². The van der Waals surface area contributed by atoms with E-state index in [2.05, 4.69) is 26.6 Å². The van der Waals surface area contributed by atoms with E-state index in [1.807, 2.05) is 6.08 Å². The summed E-state index contributed by atoms with van der Waals surface area (Å²) in [6, 6.07) is 9.78. The number of carbonyl (C=O) groups excluding carboxylic acids is 1. The van der Waals surface area contributed by atoms with Crippen LogP contribution in [0.5, 0.6) is 5.75 Å². The zero-order chi connectivity index (χ0) is 27.2. The predicted octanol–water partition coefficient (Wildman–Crippen LogP) is 4.64. The molecule has 0 unspecified atom stereocenters. The van der Waals surface area contributed by atoms with Gasteiger partial charge in [-0.1, -0.05) is 17.7 Å². The summed E-state index contributed by atoms with van der Waals surface area (Å²) >= 11 is 5.97. The van der Waals surface area contributed by atoms with Gasteiger partial charge in [-0.3, -0.25) is 14.7 Å². The van der Waals surface area contributed by atoms with E-state index in [1.54, 1.807) is 12.1 Å². The first-order valence-corrected chi connectivity index (χ1v) is 13.0. The van der Waals surface area contributed by atoms with E-state index in [0.717, 1.165) is 19.5 Å². The third-order valence-electron chi connectivity index (χ3n) is 6.45. The van der Waals surface area contributed by atoms with Crippen molar-refractivity contribution in [3.8, 4) is 11.8 Å². The first-order chi connectivity index (χ1) is 19.0. The number of amides is 1. The number of nitrogens with zero attached hydrogens (tertiary/aromatic N) is 3. The first-order valence-electron chi connectivity index (χ1n) is 12.6. The summed E-state index contributed by atoms with van der Waals surface area (Å²) < 4.78 is 30.7. The van der Waals surface area contributed by atoms with Gasteiger partial charge in [-0.2, -0.15) is 5.26 Å². The fourth-order valence-corrected chi connectivity index (χ4v) is 4.59. The molecule has 5 rings (SSSR count). The fourth-order valence-electron chi connectivity index (χ4n) is 4.41. The Morgan fingerprint density at radius 2 is 2.10 bits per heavy atom. The van der Waals surface area contributed by atoms with Gasteiger partial charge in [-0.25, -0.2) is 4.39 Å². The van der Waals surface area contributed by atoms with Gasteiger partial charge in [0.1, 0.15) is 23.7 Å². The maximum atomic E-state index is 13.7. The molecule has 1 atom stereocenters. The molecule has 1 amide bonds. The highest BCUT2D eigenvalue weighted by Crippen LogP contribution is 2.37. The predicted molar refractivity (Wildman–Crippen MR) is 146 cm³/mol. The Kier molecular flexibility index (Phi) is 8.54. The van der Waals surface area contributed by atoms with Crippen LogP contribution in [0.3, 0.4) is 0 Å². The van der Waals surface area contributed by atoms with Crippen LogP contribution in [0.4, 0.5) is 21.5 Å². The summed E-state index contributed by atoms with van der Waals surface area (Å²) in [6.45, 7) is 4.69. The Hall–Kier alpha value is -3.75. The quantitative estimate of drug-likeness (QED) is 0.390. The van der Waals surface area contributed by atoms with Crippen molar-refractivity contribution >= 4 is 45.5 Å². The van der Waals surface area contributed by atoms with Crippen LogP contribution in [0, 0.1) is 17.1 Å². The number of hydrogen-bond donors (Lipinski definition) is 2. The normalized spacial score (nSPS) is 17.8. The van der Waals surface area contributed by atoms with Gasteiger partial charge in [0.15, 0.2) is 0 Å². The van der Waals surface area contributed by atoms with Crippen molar-refractivity contribution in [1.29, 1.82) is 5.26 Å². The van der Waals surface area contributed by atoms with Gasteiger partial charge in [-0.15, -0.1) is 0 Å². The summed E-state index contributed by atoms with van der Waals surface area (Å²) in [6.07, 6.45) is 5.32. The zero-order valence-electron chi connectivity index (χ0n) is 21.1. The van der Waals surface area contributed by atoms with Gasteiger partial charge in [0.05, 0.1) is 53.9 Å². The van der Waals surface area contributed by atoms with E-state index in [0.29, 0.717) is 66.7 Å². The standard InChI is InChI=1S/C28H27ClFN5O4/c29-22-12-19(3-4-23(22)30)33-28-18(15-31)16-32-24-14-26(39-20-5-9-38-17-20)25(13-21(24)28)34-27(36)2-1-6-35-7-10-37-11-8-35/h1-4,12-14,16,20H,5-11,17H2,(H,32,33)(H,34,36)/t20-/m0/s1. The number of benzene rings is 2. The molecule has 1 aromatic heterocycles. The first kappa shape index (κ1) is 26.8. The lowest BCUT2D eigenvalue weighted by Gasteiger charge is -2.25. The number of carbonyl (C=O) groups is 1. The molecule has 39 heavy (non-hydrogen) atoms. The van der Waals surface area contributed by atoms with Crippen molar-refractivity contribution in [2.75, 3.05) is 56.7 Å². The number of morpholine rings is 1. The van der Waals surface area contributed by atoms with Gasteiger partial charge in [0.2, 0.25) is 5.91 Å². The van der Waals surface area contributed by atoms with Crippen molar-refractivity contribution < 1.29 is 23.4 Å². The second kappa shape index (κ2) is 12.4. The molecule has 9 nitrogen and oxygen atoms in total. The van der Waals surface area contributed by atoms with Crippen molar-refractivity contribution in [3.05, 3.63) is 65.1 Å². The van der Waals surface area contributed by atoms with Gasteiger partial charge >= 0.3 is 0 Å². The molecule has 0 bridgehead atoms. The number of nitriles is 1. The molecule has 202 valence electrons. The molecule has 11 heteroatoms. The molecule has 0 saturated carbocycles. The average molecular weight is 552 g/mol. The molecular formula is C28H27ClFN5O4. The number of pyridine rings is 1. The van der Waals surface area contributed by atoms with E-state index >= 15 is 0 Å². The minimum atomic E-state index is -0.549. The highest BCUT2D eigenvalue weighted by atomic mass is 35.5. The molecule has 2 N–H and O–H groups in total. The number of rotatable bonds is 8. The van der Waals surface area contributed by atoms with Crippen LogP contribution in [0.25, 0.3) is 10.9 Å². The van der Waals surface area contributed by atoms with Crippen molar-refractivity contribution in [1.82, 2.24) is 9.88 Å². The number of ether oxygens (including phenoxy) is 3. The minimum Gasteiger partial charge on any atom is -0.486 e. The SMILES string of the molecule is N#Cc1cnc2cc(O[C@H]3CCOC3)c(NC(=O)C=CCN3CCOCC3)cc2c1Nc1ccc(F)c(Cl)c1. The third-order valence-corrected chi connectivity index (χ3v) is 6.74. The summed E-state index contributed by atoms with van der Waals surface area (Å²) in [5.74, 6) is -0.424. The minimum absolute atomic E-state index is 0.0526. The maximum Gasteiger partial charge on any atom is 0.248 e. The van der Waals surface area contributed by atoms with Gasteiger partial charge in [0.25, 0.3) is 0 Å². The van der Waals surface area contributed by atoms with Crippen LogP contribution in [-0.4, -0.2) is 68.0 Å². The number of nitrogens with one attached hydrogen (secondary N) is 2.